The second-order valence-corrected chi connectivity index (χ2v) is 4.88. The van der Waals surface area contributed by atoms with Gasteiger partial charge in [0.1, 0.15) is 5.82 Å². The van der Waals surface area contributed by atoms with E-state index in [2.05, 4.69) is 16.8 Å². The monoisotopic (exact) mass is 251 g/mol. The van der Waals surface area contributed by atoms with E-state index in [1.165, 1.54) is 0 Å². The molecule has 3 atom stereocenters. The summed E-state index contributed by atoms with van der Waals surface area (Å²) in [5, 5.41) is 9.17. The van der Waals surface area contributed by atoms with Gasteiger partial charge in [0.05, 0.1) is 25.4 Å². The highest BCUT2D eigenvalue weighted by Crippen LogP contribution is 2.20. The van der Waals surface area contributed by atoms with Crippen LogP contribution in [0.4, 0.5) is 5.82 Å². The third-order valence-electron chi connectivity index (χ3n) is 3.30. The maximum atomic E-state index is 9.17. The molecule has 1 aliphatic heterocycles. The van der Waals surface area contributed by atoms with E-state index >= 15 is 0 Å². The summed E-state index contributed by atoms with van der Waals surface area (Å²) in [5.74, 6) is 0.911. The van der Waals surface area contributed by atoms with Gasteiger partial charge in [-0.1, -0.05) is 6.07 Å². The molecule has 100 valence electrons. The van der Waals surface area contributed by atoms with E-state index in [9.17, 15) is 5.11 Å². The van der Waals surface area contributed by atoms with E-state index in [0.717, 1.165) is 11.4 Å². The maximum Gasteiger partial charge on any atom is 0.128 e. The number of nitrogens with two attached hydrogens (primary N) is 1. The standard InChI is InChI=1S/C13H21N3O2/c1-9-8-18-12(7-17)6-16(9)13-4-3-11(5-15-13)10(2)14/h3-5,9-10,12,17H,6-8,14H2,1-2H3/t9?,10-,12?/m0/s1. The molecule has 2 rings (SSSR count). The Bertz CT molecular complexity index is 380. The zero-order valence-corrected chi connectivity index (χ0v) is 10.9. The molecular formula is C13H21N3O2. The van der Waals surface area contributed by atoms with Gasteiger partial charge in [0.2, 0.25) is 0 Å². The van der Waals surface area contributed by atoms with E-state index in [1.807, 2.05) is 25.3 Å². The van der Waals surface area contributed by atoms with Crippen LogP contribution in [0.3, 0.4) is 0 Å². The van der Waals surface area contributed by atoms with Crippen molar-refractivity contribution in [3.63, 3.8) is 0 Å². The smallest absolute Gasteiger partial charge is 0.128 e. The van der Waals surface area contributed by atoms with Gasteiger partial charge in [-0.15, -0.1) is 0 Å². The normalized spacial score (nSPS) is 26.1. The van der Waals surface area contributed by atoms with Crippen LogP contribution in [0.25, 0.3) is 0 Å². The number of aliphatic hydroxyl groups is 1. The number of rotatable bonds is 3. The molecule has 1 aromatic rings. The number of hydrogen-bond donors (Lipinski definition) is 2. The third kappa shape index (κ3) is 2.80. The number of ether oxygens (including phenoxy) is 1. The lowest BCUT2D eigenvalue weighted by Gasteiger charge is -2.38. The van der Waals surface area contributed by atoms with Crippen LogP contribution in [0.15, 0.2) is 18.3 Å². The number of anilines is 1. The van der Waals surface area contributed by atoms with Gasteiger partial charge < -0.3 is 20.5 Å². The Morgan fingerprint density at radius 1 is 1.61 bits per heavy atom. The molecule has 2 unspecified atom stereocenters. The molecule has 3 N–H and O–H groups in total. The highest BCUT2D eigenvalue weighted by molar-refractivity contribution is 5.41. The van der Waals surface area contributed by atoms with E-state index < -0.39 is 0 Å². The van der Waals surface area contributed by atoms with Crippen LogP contribution in [-0.4, -0.2) is 42.0 Å². The average molecular weight is 251 g/mol. The molecule has 0 spiro atoms. The number of pyridine rings is 1. The third-order valence-corrected chi connectivity index (χ3v) is 3.30. The quantitative estimate of drug-likeness (QED) is 0.827. The first kappa shape index (κ1) is 13.3. The summed E-state index contributed by atoms with van der Waals surface area (Å²) < 4.78 is 5.51. The Balaban J connectivity index is 2.13. The summed E-state index contributed by atoms with van der Waals surface area (Å²) in [6.07, 6.45) is 1.69. The fraction of sp³-hybridized carbons (Fsp3) is 0.615. The van der Waals surface area contributed by atoms with E-state index in [-0.39, 0.29) is 24.8 Å². The summed E-state index contributed by atoms with van der Waals surface area (Å²) in [6.45, 7) is 5.36. The summed E-state index contributed by atoms with van der Waals surface area (Å²) in [7, 11) is 0. The van der Waals surface area contributed by atoms with E-state index in [1.54, 1.807) is 0 Å². The van der Waals surface area contributed by atoms with Crippen LogP contribution in [0, 0.1) is 0 Å². The number of aliphatic hydroxyl groups excluding tert-OH is 1. The molecule has 1 saturated heterocycles. The Labute approximate surface area is 108 Å². The average Bonchev–Trinajstić information content (AvgIpc) is 2.39. The first-order chi connectivity index (χ1) is 8.61. The molecule has 0 aliphatic carbocycles. The summed E-state index contributed by atoms with van der Waals surface area (Å²) in [5.41, 5.74) is 6.83. The first-order valence-corrected chi connectivity index (χ1v) is 6.32. The lowest BCUT2D eigenvalue weighted by molar-refractivity contribution is -0.0105. The van der Waals surface area contributed by atoms with Gasteiger partial charge in [0, 0.05) is 18.8 Å². The Kier molecular flexibility index (Phi) is 4.16. The highest BCUT2D eigenvalue weighted by atomic mass is 16.5. The molecule has 1 aromatic heterocycles. The zero-order valence-electron chi connectivity index (χ0n) is 10.9. The van der Waals surface area contributed by atoms with Gasteiger partial charge in [-0.25, -0.2) is 4.98 Å². The fourth-order valence-corrected chi connectivity index (χ4v) is 2.08. The Morgan fingerprint density at radius 3 is 2.94 bits per heavy atom. The van der Waals surface area contributed by atoms with Crippen molar-refractivity contribution in [3.8, 4) is 0 Å². The molecule has 1 fully saturated rings. The molecule has 0 aromatic carbocycles. The minimum Gasteiger partial charge on any atom is -0.394 e. The molecule has 5 nitrogen and oxygen atoms in total. The van der Waals surface area contributed by atoms with Crippen molar-refractivity contribution in [3.05, 3.63) is 23.9 Å². The molecule has 5 heteroatoms. The minimum absolute atomic E-state index is 0.00106. The predicted molar refractivity (Wildman–Crippen MR) is 70.5 cm³/mol. The van der Waals surface area contributed by atoms with Crippen molar-refractivity contribution in [2.24, 2.45) is 5.73 Å². The lowest BCUT2D eigenvalue weighted by Crippen LogP contribution is -2.49. The number of aromatic nitrogens is 1. The van der Waals surface area contributed by atoms with Gasteiger partial charge in [-0.2, -0.15) is 0 Å². The minimum atomic E-state index is -0.129. The van der Waals surface area contributed by atoms with Gasteiger partial charge >= 0.3 is 0 Å². The fourth-order valence-electron chi connectivity index (χ4n) is 2.08. The number of hydrogen-bond acceptors (Lipinski definition) is 5. The number of morpholine rings is 1. The Hall–Kier alpha value is -1.17. The van der Waals surface area contributed by atoms with Crippen molar-refractivity contribution in [1.82, 2.24) is 4.98 Å². The summed E-state index contributed by atoms with van der Waals surface area (Å²) in [4.78, 5) is 6.61. The summed E-state index contributed by atoms with van der Waals surface area (Å²) >= 11 is 0. The van der Waals surface area contributed by atoms with Crippen LogP contribution in [-0.2, 0) is 4.74 Å². The first-order valence-electron chi connectivity index (χ1n) is 6.32. The molecular weight excluding hydrogens is 230 g/mol. The molecule has 1 aliphatic rings. The molecule has 2 heterocycles. The highest BCUT2D eigenvalue weighted by Gasteiger charge is 2.26. The van der Waals surface area contributed by atoms with Gasteiger partial charge in [0.25, 0.3) is 0 Å². The molecule has 0 bridgehead atoms. The van der Waals surface area contributed by atoms with Gasteiger partial charge in [-0.05, 0) is 25.5 Å². The second kappa shape index (κ2) is 5.65. The lowest BCUT2D eigenvalue weighted by atomic mass is 10.1. The second-order valence-electron chi connectivity index (χ2n) is 4.88. The molecule has 0 amide bonds. The topological polar surface area (TPSA) is 71.6 Å². The predicted octanol–water partition coefficient (Wildman–Crippen LogP) is 0.687. The SMILES string of the molecule is CC1COC(CO)CN1c1ccc([C@H](C)N)cn1. The van der Waals surface area contributed by atoms with Crippen LogP contribution in [0.5, 0.6) is 0 Å². The zero-order chi connectivity index (χ0) is 13.1. The molecule has 0 radical (unpaired) electrons. The summed E-state index contributed by atoms with van der Waals surface area (Å²) in [6, 6.07) is 4.25. The van der Waals surface area contributed by atoms with Crippen molar-refractivity contribution in [1.29, 1.82) is 0 Å². The van der Waals surface area contributed by atoms with Gasteiger partial charge in [0.15, 0.2) is 0 Å². The van der Waals surface area contributed by atoms with E-state index in [0.29, 0.717) is 13.2 Å². The van der Waals surface area contributed by atoms with Crippen LogP contribution in [0.1, 0.15) is 25.5 Å². The van der Waals surface area contributed by atoms with Crippen LogP contribution < -0.4 is 10.6 Å². The van der Waals surface area contributed by atoms with Crippen molar-refractivity contribution in [2.45, 2.75) is 32.0 Å². The van der Waals surface area contributed by atoms with Crippen LogP contribution in [0.2, 0.25) is 0 Å². The molecule has 18 heavy (non-hydrogen) atoms. The van der Waals surface area contributed by atoms with Crippen molar-refractivity contribution < 1.29 is 9.84 Å². The molecule has 0 saturated carbocycles. The van der Waals surface area contributed by atoms with E-state index in [4.69, 9.17) is 10.5 Å². The van der Waals surface area contributed by atoms with Crippen LogP contribution >= 0.6 is 0 Å². The van der Waals surface area contributed by atoms with Gasteiger partial charge in [-0.3, -0.25) is 0 Å². The maximum absolute atomic E-state index is 9.17. The number of nitrogens with zero attached hydrogens (tertiary/aromatic N) is 2. The Morgan fingerprint density at radius 2 is 2.39 bits per heavy atom. The van der Waals surface area contributed by atoms with Crippen molar-refractivity contribution in [2.75, 3.05) is 24.7 Å². The van der Waals surface area contributed by atoms with Crippen molar-refractivity contribution >= 4 is 5.82 Å². The largest absolute Gasteiger partial charge is 0.394 e.